The molecule has 0 aromatic carbocycles. The van der Waals surface area contributed by atoms with Gasteiger partial charge in [-0.1, -0.05) is 133 Å². The van der Waals surface area contributed by atoms with Crippen LogP contribution in [0, 0.1) is 0 Å². The predicted molar refractivity (Wildman–Crippen MR) is 213 cm³/mol. The first kappa shape index (κ1) is 49.1. The molecule has 1 amide bonds. The molecular formula is C43H77NO9. The van der Waals surface area contributed by atoms with Crippen molar-refractivity contribution in [3.05, 3.63) is 48.6 Å². The Morgan fingerprint density at radius 3 is 1.64 bits per heavy atom. The van der Waals surface area contributed by atoms with Crippen molar-refractivity contribution in [2.45, 2.75) is 204 Å². The topological polar surface area (TPSA) is 169 Å². The number of allylic oxidation sites excluding steroid dienone is 7. The van der Waals surface area contributed by atoms with Crippen LogP contribution >= 0.6 is 0 Å². The molecule has 8 atom stereocenters. The van der Waals surface area contributed by atoms with Gasteiger partial charge in [-0.25, -0.2) is 0 Å². The SMILES string of the molecule is CCCCCCCC/C=C\CCCCC(O)C(=O)NC(COC1OC(CO)C(O)C(O)C1O)C(O)/C=C/CC/C=C/CC/C=C/CCCCCCCC. The molecule has 0 bridgehead atoms. The number of carbonyl (C=O) groups excluding carboxylic acids is 1. The van der Waals surface area contributed by atoms with Gasteiger partial charge in [0.1, 0.15) is 30.5 Å². The van der Waals surface area contributed by atoms with Crippen molar-refractivity contribution in [2.24, 2.45) is 0 Å². The second-order valence-electron chi connectivity index (χ2n) is 14.5. The summed E-state index contributed by atoms with van der Waals surface area (Å²) in [6.07, 6.45) is 30.6. The molecule has 10 nitrogen and oxygen atoms in total. The third kappa shape index (κ3) is 24.3. The van der Waals surface area contributed by atoms with Crippen molar-refractivity contribution in [3.63, 3.8) is 0 Å². The Morgan fingerprint density at radius 2 is 1.11 bits per heavy atom. The Labute approximate surface area is 321 Å². The minimum Gasteiger partial charge on any atom is -0.394 e. The van der Waals surface area contributed by atoms with E-state index in [1.54, 1.807) is 6.08 Å². The second-order valence-corrected chi connectivity index (χ2v) is 14.5. The van der Waals surface area contributed by atoms with Gasteiger partial charge >= 0.3 is 0 Å². The first-order chi connectivity index (χ1) is 25.8. The van der Waals surface area contributed by atoms with Crippen LogP contribution in [-0.2, 0) is 14.3 Å². The zero-order valence-corrected chi connectivity index (χ0v) is 33.1. The molecule has 0 aromatic heterocycles. The van der Waals surface area contributed by atoms with Crippen molar-refractivity contribution in [3.8, 4) is 0 Å². The summed E-state index contributed by atoms with van der Waals surface area (Å²) in [6.45, 7) is 3.52. The smallest absolute Gasteiger partial charge is 0.249 e. The number of carbonyl (C=O) groups is 1. The van der Waals surface area contributed by atoms with Crippen molar-refractivity contribution in [2.75, 3.05) is 13.2 Å². The van der Waals surface area contributed by atoms with Crippen LogP contribution in [0.15, 0.2) is 48.6 Å². The highest BCUT2D eigenvalue weighted by molar-refractivity contribution is 5.80. The summed E-state index contributed by atoms with van der Waals surface area (Å²) in [5, 5.41) is 64.4. The Hall–Kier alpha value is -1.89. The molecular weight excluding hydrogens is 674 g/mol. The van der Waals surface area contributed by atoms with Crippen LogP contribution in [0.4, 0.5) is 0 Å². The van der Waals surface area contributed by atoms with Crippen molar-refractivity contribution >= 4 is 5.91 Å². The molecule has 0 radical (unpaired) electrons. The number of hydrogen-bond donors (Lipinski definition) is 7. The number of unbranched alkanes of at least 4 members (excludes halogenated alkanes) is 16. The van der Waals surface area contributed by atoms with E-state index in [2.05, 4.69) is 55.6 Å². The van der Waals surface area contributed by atoms with Gasteiger partial charge in [-0.3, -0.25) is 4.79 Å². The van der Waals surface area contributed by atoms with E-state index in [9.17, 15) is 35.4 Å². The van der Waals surface area contributed by atoms with Gasteiger partial charge in [-0.15, -0.1) is 0 Å². The van der Waals surface area contributed by atoms with Crippen LogP contribution in [0.5, 0.6) is 0 Å². The number of rotatable bonds is 33. The number of aliphatic hydroxyl groups excluding tert-OH is 6. The van der Waals surface area contributed by atoms with E-state index in [0.29, 0.717) is 12.8 Å². The third-order valence-corrected chi connectivity index (χ3v) is 9.71. The predicted octanol–water partition coefficient (Wildman–Crippen LogP) is 6.86. The average molecular weight is 752 g/mol. The normalized spacial score (nSPS) is 22.8. The lowest BCUT2D eigenvalue weighted by molar-refractivity contribution is -0.302. The summed E-state index contributed by atoms with van der Waals surface area (Å²) in [4.78, 5) is 13.0. The van der Waals surface area contributed by atoms with Crippen molar-refractivity contribution in [1.82, 2.24) is 5.32 Å². The van der Waals surface area contributed by atoms with E-state index in [1.807, 2.05) is 6.08 Å². The number of nitrogens with one attached hydrogen (secondary N) is 1. The maximum Gasteiger partial charge on any atom is 0.249 e. The van der Waals surface area contributed by atoms with E-state index in [1.165, 1.54) is 77.0 Å². The molecule has 0 aliphatic carbocycles. The largest absolute Gasteiger partial charge is 0.394 e. The van der Waals surface area contributed by atoms with Crippen LogP contribution in [-0.4, -0.2) is 98.7 Å². The fourth-order valence-corrected chi connectivity index (χ4v) is 6.19. The van der Waals surface area contributed by atoms with Crippen LogP contribution < -0.4 is 5.32 Å². The molecule has 8 unspecified atom stereocenters. The van der Waals surface area contributed by atoms with E-state index >= 15 is 0 Å². The Morgan fingerprint density at radius 1 is 0.642 bits per heavy atom. The molecule has 1 fully saturated rings. The number of hydrogen-bond acceptors (Lipinski definition) is 9. The van der Waals surface area contributed by atoms with Gasteiger partial charge in [0, 0.05) is 0 Å². The summed E-state index contributed by atoms with van der Waals surface area (Å²) in [7, 11) is 0. The lowest BCUT2D eigenvalue weighted by atomic mass is 9.99. The highest BCUT2D eigenvalue weighted by Crippen LogP contribution is 2.22. The van der Waals surface area contributed by atoms with Crippen LogP contribution in [0.1, 0.15) is 155 Å². The minimum absolute atomic E-state index is 0.268. The van der Waals surface area contributed by atoms with E-state index in [4.69, 9.17) is 9.47 Å². The maximum absolute atomic E-state index is 13.0. The Balaban J connectivity index is 2.55. The highest BCUT2D eigenvalue weighted by Gasteiger charge is 2.44. The second kappa shape index (κ2) is 33.4. The molecule has 1 aliphatic heterocycles. The summed E-state index contributed by atoms with van der Waals surface area (Å²) < 4.78 is 11.1. The molecule has 0 aromatic rings. The van der Waals surface area contributed by atoms with E-state index in [0.717, 1.165) is 44.9 Å². The summed E-state index contributed by atoms with van der Waals surface area (Å²) >= 11 is 0. The Bertz CT molecular complexity index is 985. The van der Waals surface area contributed by atoms with Crippen LogP contribution in [0.2, 0.25) is 0 Å². The molecule has 1 aliphatic rings. The fraction of sp³-hybridized carbons (Fsp3) is 0.791. The highest BCUT2D eigenvalue weighted by atomic mass is 16.7. The van der Waals surface area contributed by atoms with Crippen molar-refractivity contribution in [1.29, 1.82) is 0 Å². The molecule has 0 spiro atoms. The van der Waals surface area contributed by atoms with Gasteiger partial charge in [-0.05, 0) is 70.6 Å². The molecule has 1 saturated heterocycles. The van der Waals surface area contributed by atoms with Gasteiger partial charge in [-0.2, -0.15) is 0 Å². The molecule has 0 saturated carbocycles. The molecule has 1 heterocycles. The monoisotopic (exact) mass is 752 g/mol. The molecule has 308 valence electrons. The molecule has 53 heavy (non-hydrogen) atoms. The van der Waals surface area contributed by atoms with Gasteiger partial charge in [0.15, 0.2) is 6.29 Å². The third-order valence-electron chi connectivity index (χ3n) is 9.71. The van der Waals surface area contributed by atoms with E-state index in [-0.39, 0.29) is 13.0 Å². The summed E-state index contributed by atoms with van der Waals surface area (Å²) in [5.74, 6) is -0.651. The standard InChI is InChI=1S/C43H77NO9/c1-3-5-7-9-11-13-15-17-18-19-20-22-23-25-27-29-31-36(46)35(34-52-43-41(50)40(49)39(48)38(33-45)53-43)44-42(51)37(47)32-30-28-26-24-21-16-14-12-10-8-6-4-2/h17-18,21-24,29,31,35-41,43,45-50H,3-16,19-20,25-28,30,32-34H2,1-2H3,(H,44,51)/b18-17+,23-22+,24-21-,31-29+. The van der Waals surface area contributed by atoms with Gasteiger partial charge in [0.05, 0.1) is 25.4 Å². The van der Waals surface area contributed by atoms with Crippen LogP contribution in [0.25, 0.3) is 0 Å². The number of amides is 1. The zero-order valence-electron chi connectivity index (χ0n) is 33.1. The van der Waals surface area contributed by atoms with Gasteiger partial charge in [0.25, 0.3) is 0 Å². The zero-order chi connectivity index (χ0) is 38.9. The van der Waals surface area contributed by atoms with Crippen molar-refractivity contribution < 1.29 is 44.9 Å². The lowest BCUT2D eigenvalue weighted by Crippen LogP contribution is -2.60. The first-order valence-electron chi connectivity index (χ1n) is 21.0. The molecule has 10 heteroatoms. The van der Waals surface area contributed by atoms with Gasteiger partial charge in [0.2, 0.25) is 5.91 Å². The first-order valence-corrected chi connectivity index (χ1v) is 21.0. The lowest BCUT2D eigenvalue weighted by Gasteiger charge is -2.40. The maximum atomic E-state index is 13.0. The molecule has 1 rings (SSSR count). The Kier molecular flexibility index (Phi) is 31.0. The number of aliphatic hydroxyl groups is 6. The quantitative estimate of drug-likeness (QED) is 0.0280. The summed E-state index contributed by atoms with van der Waals surface area (Å²) in [5.41, 5.74) is 0. The minimum atomic E-state index is -1.62. The fourth-order valence-electron chi connectivity index (χ4n) is 6.19. The molecule has 7 N–H and O–H groups in total. The average Bonchev–Trinajstić information content (AvgIpc) is 3.16. The van der Waals surface area contributed by atoms with Crippen LogP contribution in [0.3, 0.4) is 0 Å². The summed E-state index contributed by atoms with van der Waals surface area (Å²) in [6, 6.07) is -1.01. The van der Waals surface area contributed by atoms with Gasteiger partial charge < -0.3 is 45.4 Å². The van der Waals surface area contributed by atoms with E-state index < -0.39 is 61.5 Å². The number of ether oxygens (including phenoxy) is 2.